The summed E-state index contributed by atoms with van der Waals surface area (Å²) < 4.78 is 1.81. The van der Waals surface area contributed by atoms with Crippen LogP contribution < -0.4 is 5.56 Å². The third-order valence-corrected chi connectivity index (χ3v) is 2.97. The number of aromatic nitrogens is 2. The average molecular weight is 200 g/mol. The standard InChI is InChI=1S/C12H12N2O/c1-8-6-11-13-10-5-3-2-4-9(10)12(15)14(11)7-8/h2-5,8H,6-7H2,1H3. The van der Waals surface area contributed by atoms with Gasteiger partial charge in [0.15, 0.2) is 0 Å². The Morgan fingerprint density at radius 3 is 3.07 bits per heavy atom. The van der Waals surface area contributed by atoms with Crippen molar-refractivity contribution in [3.05, 3.63) is 40.4 Å². The summed E-state index contributed by atoms with van der Waals surface area (Å²) in [7, 11) is 0. The summed E-state index contributed by atoms with van der Waals surface area (Å²) in [4.78, 5) is 16.6. The molecule has 0 spiro atoms. The van der Waals surface area contributed by atoms with Crippen LogP contribution in [0.3, 0.4) is 0 Å². The van der Waals surface area contributed by atoms with Crippen LogP contribution in [0.15, 0.2) is 29.1 Å². The van der Waals surface area contributed by atoms with Crippen molar-refractivity contribution in [1.29, 1.82) is 0 Å². The van der Waals surface area contributed by atoms with Gasteiger partial charge in [-0.3, -0.25) is 9.36 Å². The van der Waals surface area contributed by atoms with Gasteiger partial charge in [-0.2, -0.15) is 0 Å². The molecule has 2 heterocycles. The van der Waals surface area contributed by atoms with Crippen LogP contribution in [0.25, 0.3) is 10.9 Å². The maximum atomic E-state index is 12.1. The van der Waals surface area contributed by atoms with E-state index in [9.17, 15) is 4.79 Å². The highest BCUT2D eigenvalue weighted by atomic mass is 16.1. The van der Waals surface area contributed by atoms with Gasteiger partial charge in [0.05, 0.1) is 10.9 Å². The van der Waals surface area contributed by atoms with Gasteiger partial charge in [-0.25, -0.2) is 4.98 Å². The summed E-state index contributed by atoms with van der Waals surface area (Å²) in [5.41, 5.74) is 0.933. The fourth-order valence-corrected chi connectivity index (χ4v) is 2.25. The summed E-state index contributed by atoms with van der Waals surface area (Å²) >= 11 is 0. The first-order valence-corrected chi connectivity index (χ1v) is 5.24. The van der Waals surface area contributed by atoms with Crippen molar-refractivity contribution in [2.45, 2.75) is 19.9 Å². The molecule has 1 atom stereocenters. The van der Waals surface area contributed by atoms with Crippen molar-refractivity contribution in [3.8, 4) is 0 Å². The predicted molar refractivity (Wildman–Crippen MR) is 58.9 cm³/mol. The van der Waals surface area contributed by atoms with E-state index < -0.39 is 0 Å². The Bertz CT molecular complexity index is 586. The van der Waals surface area contributed by atoms with Crippen molar-refractivity contribution < 1.29 is 0 Å². The molecule has 0 amide bonds. The molecule has 1 aromatic heterocycles. The minimum absolute atomic E-state index is 0.111. The highest BCUT2D eigenvalue weighted by molar-refractivity contribution is 5.77. The van der Waals surface area contributed by atoms with E-state index in [1.54, 1.807) is 0 Å². The predicted octanol–water partition coefficient (Wildman–Crippen LogP) is 1.59. The molecule has 0 fully saturated rings. The van der Waals surface area contributed by atoms with Crippen LogP contribution in [0, 0.1) is 5.92 Å². The lowest BCUT2D eigenvalue weighted by molar-refractivity contribution is 0.558. The van der Waals surface area contributed by atoms with Crippen molar-refractivity contribution in [3.63, 3.8) is 0 Å². The second kappa shape index (κ2) is 2.92. The van der Waals surface area contributed by atoms with Crippen LogP contribution >= 0.6 is 0 Å². The van der Waals surface area contributed by atoms with Crippen LogP contribution in [0.5, 0.6) is 0 Å². The molecule has 2 aromatic rings. The fraction of sp³-hybridized carbons (Fsp3) is 0.333. The van der Waals surface area contributed by atoms with Gasteiger partial charge < -0.3 is 0 Å². The SMILES string of the molecule is CC1Cc2nc3ccccc3c(=O)n2C1. The summed E-state index contributed by atoms with van der Waals surface area (Å²) in [5.74, 6) is 1.47. The van der Waals surface area contributed by atoms with Crippen LogP contribution in [-0.4, -0.2) is 9.55 Å². The Balaban J connectivity index is 2.40. The third kappa shape index (κ3) is 1.19. The Hall–Kier alpha value is -1.64. The van der Waals surface area contributed by atoms with Crippen molar-refractivity contribution in [2.75, 3.05) is 0 Å². The smallest absolute Gasteiger partial charge is 0.261 e. The Labute approximate surface area is 87.4 Å². The zero-order valence-electron chi connectivity index (χ0n) is 8.60. The first kappa shape index (κ1) is 8.65. The number of benzene rings is 1. The molecule has 0 aliphatic carbocycles. The van der Waals surface area contributed by atoms with E-state index in [-0.39, 0.29) is 5.56 Å². The largest absolute Gasteiger partial charge is 0.296 e. The lowest BCUT2D eigenvalue weighted by atomic mass is 10.1. The van der Waals surface area contributed by atoms with Crippen LogP contribution in [-0.2, 0) is 13.0 Å². The minimum Gasteiger partial charge on any atom is -0.296 e. The number of fused-ring (bicyclic) bond motifs is 2. The van der Waals surface area contributed by atoms with E-state index in [2.05, 4.69) is 11.9 Å². The Morgan fingerprint density at radius 2 is 2.20 bits per heavy atom. The zero-order valence-corrected chi connectivity index (χ0v) is 8.60. The van der Waals surface area contributed by atoms with E-state index in [1.807, 2.05) is 28.8 Å². The second-order valence-corrected chi connectivity index (χ2v) is 4.27. The maximum absolute atomic E-state index is 12.1. The molecular weight excluding hydrogens is 188 g/mol. The van der Waals surface area contributed by atoms with Gasteiger partial charge in [0.1, 0.15) is 5.82 Å². The molecule has 3 rings (SSSR count). The topological polar surface area (TPSA) is 34.9 Å². The highest BCUT2D eigenvalue weighted by Gasteiger charge is 2.20. The number of nitrogens with zero attached hydrogens (tertiary/aromatic N) is 2. The molecule has 76 valence electrons. The normalized spacial score (nSPS) is 19.4. The van der Waals surface area contributed by atoms with Crippen LogP contribution in [0.4, 0.5) is 0 Å². The van der Waals surface area contributed by atoms with Gasteiger partial charge in [-0.15, -0.1) is 0 Å². The first-order valence-electron chi connectivity index (χ1n) is 5.24. The van der Waals surface area contributed by atoms with Crippen molar-refractivity contribution >= 4 is 10.9 Å². The summed E-state index contributed by atoms with van der Waals surface area (Å²) in [5, 5.41) is 0.732. The van der Waals surface area contributed by atoms with Crippen molar-refractivity contribution in [1.82, 2.24) is 9.55 Å². The van der Waals surface area contributed by atoms with Gasteiger partial charge in [0, 0.05) is 13.0 Å². The highest BCUT2D eigenvalue weighted by Crippen LogP contribution is 2.18. The Kier molecular flexibility index (Phi) is 1.69. The monoisotopic (exact) mass is 200 g/mol. The van der Waals surface area contributed by atoms with E-state index in [1.165, 1.54) is 0 Å². The molecule has 3 heteroatoms. The molecule has 1 unspecified atom stereocenters. The molecule has 0 bridgehead atoms. The number of para-hydroxylation sites is 1. The van der Waals surface area contributed by atoms with Gasteiger partial charge in [0.2, 0.25) is 0 Å². The van der Waals surface area contributed by atoms with Gasteiger partial charge in [-0.05, 0) is 18.1 Å². The molecule has 15 heavy (non-hydrogen) atoms. The van der Waals surface area contributed by atoms with Crippen molar-refractivity contribution in [2.24, 2.45) is 5.92 Å². The number of hydrogen-bond acceptors (Lipinski definition) is 2. The summed E-state index contributed by atoms with van der Waals surface area (Å²) in [6.45, 7) is 2.96. The molecule has 0 radical (unpaired) electrons. The fourth-order valence-electron chi connectivity index (χ4n) is 2.25. The average Bonchev–Trinajstić information content (AvgIpc) is 2.59. The van der Waals surface area contributed by atoms with E-state index in [0.717, 1.165) is 29.7 Å². The van der Waals surface area contributed by atoms with E-state index in [0.29, 0.717) is 5.92 Å². The molecule has 0 N–H and O–H groups in total. The summed E-state index contributed by atoms with van der Waals surface area (Å²) in [6, 6.07) is 7.56. The van der Waals surface area contributed by atoms with Crippen LogP contribution in [0.2, 0.25) is 0 Å². The second-order valence-electron chi connectivity index (χ2n) is 4.27. The van der Waals surface area contributed by atoms with Gasteiger partial charge >= 0.3 is 0 Å². The molecule has 1 aromatic carbocycles. The van der Waals surface area contributed by atoms with Gasteiger partial charge in [-0.1, -0.05) is 19.1 Å². The minimum atomic E-state index is 0.111. The van der Waals surface area contributed by atoms with Gasteiger partial charge in [0.25, 0.3) is 5.56 Å². The van der Waals surface area contributed by atoms with Crippen LogP contribution in [0.1, 0.15) is 12.7 Å². The quantitative estimate of drug-likeness (QED) is 0.647. The lowest BCUT2D eigenvalue weighted by Crippen LogP contribution is -2.21. The molecule has 1 aliphatic heterocycles. The molecular formula is C12H12N2O. The maximum Gasteiger partial charge on any atom is 0.261 e. The Morgan fingerprint density at radius 1 is 1.40 bits per heavy atom. The third-order valence-electron chi connectivity index (χ3n) is 2.97. The summed E-state index contributed by atoms with van der Waals surface area (Å²) in [6.07, 6.45) is 0.917. The number of rotatable bonds is 0. The first-order chi connectivity index (χ1) is 7.25. The lowest BCUT2D eigenvalue weighted by Gasteiger charge is -2.03. The molecule has 0 saturated carbocycles. The zero-order chi connectivity index (χ0) is 10.4. The van der Waals surface area contributed by atoms with E-state index >= 15 is 0 Å². The molecule has 0 saturated heterocycles. The molecule has 3 nitrogen and oxygen atoms in total. The number of hydrogen-bond donors (Lipinski definition) is 0. The van der Waals surface area contributed by atoms with E-state index in [4.69, 9.17) is 0 Å². The molecule has 1 aliphatic rings.